The normalized spacial score (nSPS) is 10.4. The van der Waals surface area contributed by atoms with Gasteiger partial charge in [0.25, 0.3) is 0 Å². The summed E-state index contributed by atoms with van der Waals surface area (Å²) in [7, 11) is 0. The van der Waals surface area contributed by atoms with Gasteiger partial charge in [-0.3, -0.25) is 0 Å². The lowest BCUT2D eigenvalue weighted by Gasteiger charge is -2.10. The largest absolute Gasteiger partial charge is 0.192 e. The number of hydrogen-bond acceptors (Lipinski definition) is 1. The molecule has 0 N–H and O–H groups in total. The zero-order valence-corrected chi connectivity index (χ0v) is 11.2. The second-order valence-electron chi connectivity index (χ2n) is 4.58. The molecule has 2 heteroatoms. The molecule has 2 aromatic carbocycles. The molecule has 0 saturated carbocycles. The Morgan fingerprint density at radius 3 is 2.11 bits per heavy atom. The van der Waals surface area contributed by atoms with E-state index in [1.807, 2.05) is 30.3 Å². The molecule has 0 fully saturated rings. The van der Waals surface area contributed by atoms with Crippen molar-refractivity contribution < 1.29 is 0 Å². The molecule has 0 aliphatic heterocycles. The molecule has 0 heterocycles. The molecular formula is C16H14ClN. The fraction of sp³-hybridized carbons (Fsp3) is 0.188. The molecule has 0 aliphatic rings. The van der Waals surface area contributed by atoms with E-state index in [9.17, 15) is 0 Å². The highest BCUT2D eigenvalue weighted by molar-refractivity contribution is 6.31. The summed E-state index contributed by atoms with van der Waals surface area (Å²) in [6, 6.07) is 15.8. The number of hydrogen-bond donors (Lipinski definition) is 0. The molecule has 2 rings (SSSR count). The second kappa shape index (κ2) is 5.25. The van der Waals surface area contributed by atoms with Gasteiger partial charge in [-0.15, -0.1) is 0 Å². The average Bonchev–Trinajstić information content (AvgIpc) is 2.38. The summed E-state index contributed by atoms with van der Waals surface area (Å²) in [4.78, 5) is 0. The minimum atomic E-state index is 0.424. The number of halogens is 1. The van der Waals surface area contributed by atoms with Crippen molar-refractivity contribution in [3.05, 3.63) is 58.6 Å². The highest BCUT2D eigenvalue weighted by Gasteiger charge is 2.06. The zero-order chi connectivity index (χ0) is 13.1. The first-order chi connectivity index (χ1) is 8.61. The van der Waals surface area contributed by atoms with Crippen molar-refractivity contribution in [2.45, 2.75) is 19.8 Å². The summed E-state index contributed by atoms with van der Waals surface area (Å²) < 4.78 is 0. The fourth-order valence-corrected chi connectivity index (χ4v) is 2.31. The Balaban J connectivity index is 2.39. The minimum Gasteiger partial charge on any atom is -0.192 e. The van der Waals surface area contributed by atoms with Gasteiger partial charge in [0.05, 0.1) is 11.6 Å². The van der Waals surface area contributed by atoms with Gasteiger partial charge in [0.15, 0.2) is 0 Å². The Morgan fingerprint density at radius 2 is 1.61 bits per heavy atom. The standard InChI is InChI=1S/C16H14ClN/c1-11(2)15-8-7-14(9-16(15)17)13-5-3-12(10-18)4-6-13/h3-9,11H,1-2H3. The van der Waals surface area contributed by atoms with Crippen molar-refractivity contribution in [3.8, 4) is 17.2 Å². The Kier molecular flexibility index (Phi) is 3.69. The van der Waals surface area contributed by atoms with Crippen LogP contribution in [0, 0.1) is 11.3 Å². The van der Waals surface area contributed by atoms with Gasteiger partial charge in [-0.1, -0.05) is 49.7 Å². The summed E-state index contributed by atoms with van der Waals surface area (Å²) >= 11 is 6.28. The van der Waals surface area contributed by atoms with E-state index in [-0.39, 0.29) is 0 Å². The molecule has 0 saturated heterocycles. The van der Waals surface area contributed by atoms with Crippen LogP contribution in [0.15, 0.2) is 42.5 Å². The van der Waals surface area contributed by atoms with Crippen molar-refractivity contribution in [1.82, 2.24) is 0 Å². The molecule has 0 amide bonds. The van der Waals surface area contributed by atoms with Crippen molar-refractivity contribution in [2.75, 3.05) is 0 Å². The topological polar surface area (TPSA) is 23.8 Å². The van der Waals surface area contributed by atoms with Crippen LogP contribution < -0.4 is 0 Å². The third kappa shape index (κ3) is 2.55. The lowest BCUT2D eigenvalue weighted by atomic mass is 9.98. The SMILES string of the molecule is CC(C)c1ccc(-c2ccc(C#N)cc2)cc1Cl. The van der Waals surface area contributed by atoms with Crippen LogP contribution in [0.3, 0.4) is 0 Å². The Morgan fingerprint density at radius 1 is 1.00 bits per heavy atom. The minimum absolute atomic E-state index is 0.424. The van der Waals surface area contributed by atoms with Gasteiger partial charge in [-0.05, 0) is 40.8 Å². The second-order valence-corrected chi connectivity index (χ2v) is 4.99. The van der Waals surface area contributed by atoms with Crippen molar-refractivity contribution in [3.63, 3.8) is 0 Å². The van der Waals surface area contributed by atoms with E-state index in [2.05, 4.69) is 32.0 Å². The quantitative estimate of drug-likeness (QED) is 0.741. The summed E-state index contributed by atoms with van der Waals surface area (Å²) in [6.45, 7) is 4.26. The molecule has 0 atom stereocenters. The van der Waals surface area contributed by atoms with E-state index >= 15 is 0 Å². The van der Waals surface area contributed by atoms with Crippen LogP contribution in [0.1, 0.15) is 30.9 Å². The number of nitriles is 1. The van der Waals surface area contributed by atoms with Gasteiger partial charge in [-0.25, -0.2) is 0 Å². The molecule has 0 bridgehead atoms. The highest BCUT2D eigenvalue weighted by Crippen LogP contribution is 2.29. The molecular weight excluding hydrogens is 242 g/mol. The molecule has 0 aromatic heterocycles. The highest BCUT2D eigenvalue weighted by atomic mass is 35.5. The Hall–Kier alpha value is -1.78. The van der Waals surface area contributed by atoms with Crippen LogP contribution in [0.4, 0.5) is 0 Å². The van der Waals surface area contributed by atoms with Gasteiger partial charge in [-0.2, -0.15) is 5.26 Å². The molecule has 2 aromatic rings. The number of benzene rings is 2. The first-order valence-electron chi connectivity index (χ1n) is 5.92. The average molecular weight is 256 g/mol. The lowest BCUT2D eigenvalue weighted by molar-refractivity contribution is 0.867. The van der Waals surface area contributed by atoms with E-state index in [4.69, 9.17) is 16.9 Å². The van der Waals surface area contributed by atoms with E-state index in [1.165, 1.54) is 0 Å². The van der Waals surface area contributed by atoms with Crippen LogP contribution in [0.25, 0.3) is 11.1 Å². The maximum atomic E-state index is 8.77. The fourth-order valence-electron chi connectivity index (χ4n) is 1.91. The van der Waals surface area contributed by atoms with Gasteiger partial charge in [0.2, 0.25) is 0 Å². The van der Waals surface area contributed by atoms with Crippen LogP contribution in [0.5, 0.6) is 0 Å². The van der Waals surface area contributed by atoms with Gasteiger partial charge in [0, 0.05) is 5.02 Å². The Labute approximate surface area is 113 Å². The summed E-state index contributed by atoms with van der Waals surface area (Å²) in [5.41, 5.74) is 3.98. The van der Waals surface area contributed by atoms with Crippen LogP contribution in [0.2, 0.25) is 5.02 Å². The third-order valence-electron chi connectivity index (χ3n) is 2.97. The maximum absolute atomic E-state index is 8.77. The molecule has 1 nitrogen and oxygen atoms in total. The van der Waals surface area contributed by atoms with Crippen LogP contribution in [-0.4, -0.2) is 0 Å². The molecule has 0 aliphatic carbocycles. The van der Waals surface area contributed by atoms with Crippen LogP contribution >= 0.6 is 11.6 Å². The van der Waals surface area contributed by atoms with Crippen molar-refractivity contribution in [2.24, 2.45) is 0 Å². The van der Waals surface area contributed by atoms with E-state index in [0.717, 1.165) is 21.7 Å². The van der Waals surface area contributed by atoms with Gasteiger partial charge < -0.3 is 0 Å². The predicted molar refractivity (Wildman–Crippen MR) is 75.7 cm³/mol. The predicted octanol–water partition coefficient (Wildman–Crippen LogP) is 5.00. The Bertz CT molecular complexity index is 591. The number of nitrogens with zero attached hydrogens (tertiary/aromatic N) is 1. The molecule has 90 valence electrons. The monoisotopic (exact) mass is 255 g/mol. The summed E-state index contributed by atoms with van der Waals surface area (Å²) in [6.07, 6.45) is 0. The molecule has 0 spiro atoms. The zero-order valence-electron chi connectivity index (χ0n) is 10.4. The van der Waals surface area contributed by atoms with Crippen molar-refractivity contribution in [1.29, 1.82) is 5.26 Å². The third-order valence-corrected chi connectivity index (χ3v) is 3.30. The summed E-state index contributed by atoms with van der Waals surface area (Å²) in [5.74, 6) is 0.424. The molecule has 0 radical (unpaired) electrons. The molecule has 18 heavy (non-hydrogen) atoms. The number of rotatable bonds is 2. The van der Waals surface area contributed by atoms with Crippen LogP contribution in [-0.2, 0) is 0 Å². The smallest absolute Gasteiger partial charge is 0.0991 e. The van der Waals surface area contributed by atoms with Gasteiger partial charge >= 0.3 is 0 Å². The first kappa shape index (κ1) is 12.7. The first-order valence-corrected chi connectivity index (χ1v) is 6.29. The maximum Gasteiger partial charge on any atom is 0.0991 e. The van der Waals surface area contributed by atoms with E-state index < -0.39 is 0 Å². The van der Waals surface area contributed by atoms with Gasteiger partial charge in [0.1, 0.15) is 0 Å². The van der Waals surface area contributed by atoms with E-state index in [0.29, 0.717) is 11.5 Å². The van der Waals surface area contributed by atoms with E-state index in [1.54, 1.807) is 0 Å². The lowest BCUT2D eigenvalue weighted by Crippen LogP contribution is -1.89. The summed E-state index contributed by atoms with van der Waals surface area (Å²) in [5, 5.41) is 9.57. The molecule has 0 unspecified atom stereocenters. The van der Waals surface area contributed by atoms with Crippen molar-refractivity contribution >= 4 is 11.6 Å².